The van der Waals surface area contributed by atoms with Crippen molar-refractivity contribution >= 4 is 5.91 Å². The molecule has 112 valence electrons. The summed E-state index contributed by atoms with van der Waals surface area (Å²) in [5.41, 5.74) is 0.580. The molecule has 0 radical (unpaired) electrons. The van der Waals surface area contributed by atoms with Crippen LogP contribution in [-0.4, -0.2) is 18.6 Å². The van der Waals surface area contributed by atoms with E-state index in [2.05, 4.69) is 11.4 Å². The molecule has 1 fully saturated rings. The molecule has 4 nitrogen and oxygen atoms in total. The summed E-state index contributed by atoms with van der Waals surface area (Å²) in [7, 11) is 0. The molecule has 1 saturated carbocycles. The van der Waals surface area contributed by atoms with Gasteiger partial charge in [0.25, 0.3) is 5.91 Å². The third kappa shape index (κ3) is 4.78. The third-order valence-corrected chi connectivity index (χ3v) is 3.96. The predicted octanol–water partition coefficient (Wildman–Crippen LogP) is 3.02. The van der Waals surface area contributed by atoms with Gasteiger partial charge in [0.15, 0.2) is 6.10 Å². The van der Waals surface area contributed by atoms with Crippen molar-refractivity contribution in [2.45, 2.75) is 45.1 Å². The third-order valence-electron chi connectivity index (χ3n) is 3.96. The van der Waals surface area contributed by atoms with E-state index in [4.69, 9.17) is 10.00 Å². The maximum absolute atomic E-state index is 12.0. The molecule has 1 amide bonds. The number of rotatable bonds is 5. The molecule has 0 saturated heterocycles. The van der Waals surface area contributed by atoms with Gasteiger partial charge >= 0.3 is 0 Å². The predicted molar refractivity (Wildman–Crippen MR) is 80.8 cm³/mol. The number of benzene rings is 1. The van der Waals surface area contributed by atoms with Crippen LogP contribution in [0.3, 0.4) is 0 Å². The first kappa shape index (κ1) is 15.4. The van der Waals surface area contributed by atoms with Crippen LogP contribution in [0.25, 0.3) is 0 Å². The van der Waals surface area contributed by atoms with E-state index in [1.807, 2.05) is 0 Å². The monoisotopic (exact) mass is 286 g/mol. The lowest BCUT2D eigenvalue weighted by Crippen LogP contribution is -2.39. The smallest absolute Gasteiger partial charge is 0.260 e. The van der Waals surface area contributed by atoms with Crippen molar-refractivity contribution in [2.75, 3.05) is 6.54 Å². The lowest BCUT2D eigenvalue weighted by Gasteiger charge is -2.22. The molecular formula is C17H22N2O2. The summed E-state index contributed by atoms with van der Waals surface area (Å²) in [5, 5.41) is 11.7. The topological polar surface area (TPSA) is 62.1 Å². The van der Waals surface area contributed by atoms with Gasteiger partial charge in [-0.05, 0) is 49.9 Å². The van der Waals surface area contributed by atoms with Crippen molar-refractivity contribution in [2.24, 2.45) is 5.92 Å². The molecule has 1 atom stereocenters. The number of carbonyl (C=O) groups excluding carboxylic acids is 1. The molecular weight excluding hydrogens is 264 g/mol. The van der Waals surface area contributed by atoms with E-state index in [1.165, 1.54) is 32.1 Å². The highest BCUT2D eigenvalue weighted by molar-refractivity contribution is 5.80. The van der Waals surface area contributed by atoms with Crippen molar-refractivity contribution < 1.29 is 9.53 Å². The number of hydrogen-bond acceptors (Lipinski definition) is 3. The SMILES string of the molecule is CC(Oc1ccc(C#N)cc1)C(=O)NCC1CCCCC1. The van der Waals surface area contributed by atoms with Crippen molar-refractivity contribution in [1.29, 1.82) is 5.26 Å². The van der Waals surface area contributed by atoms with Crippen LogP contribution >= 0.6 is 0 Å². The van der Waals surface area contributed by atoms with Gasteiger partial charge in [0.2, 0.25) is 0 Å². The Labute approximate surface area is 126 Å². The summed E-state index contributed by atoms with van der Waals surface area (Å²) in [6.07, 6.45) is 5.77. The van der Waals surface area contributed by atoms with E-state index in [0.29, 0.717) is 17.2 Å². The molecule has 4 heteroatoms. The van der Waals surface area contributed by atoms with Crippen molar-refractivity contribution in [3.63, 3.8) is 0 Å². The summed E-state index contributed by atoms with van der Waals surface area (Å²) in [6.45, 7) is 2.49. The lowest BCUT2D eigenvalue weighted by atomic mass is 9.89. The second kappa shape index (κ2) is 7.68. The molecule has 1 aliphatic carbocycles. The largest absolute Gasteiger partial charge is 0.481 e. The van der Waals surface area contributed by atoms with Gasteiger partial charge in [-0.15, -0.1) is 0 Å². The van der Waals surface area contributed by atoms with Crippen LogP contribution in [0.15, 0.2) is 24.3 Å². The van der Waals surface area contributed by atoms with E-state index >= 15 is 0 Å². The minimum Gasteiger partial charge on any atom is -0.481 e. The fraction of sp³-hybridized carbons (Fsp3) is 0.529. The molecule has 2 rings (SSSR count). The second-order valence-corrected chi connectivity index (χ2v) is 5.65. The van der Waals surface area contributed by atoms with Gasteiger partial charge in [-0.1, -0.05) is 19.3 Å². The van der Waals surface area contributed by atoms with E-state index < -0.39 is 6.10 Å². The number of nitrogens with zero attached hydrogens (tertiary/aromatic N) is 1. The molecule has 1 unspecified atom stereocenters. The Kier molecular flexibility index (Phi) is 5.62. The molecule has 1 aliphatic rings. The summed E-state index contributed by atoms with van der Waals surface area (Å²) in [5.74, 6) is 1.14. The van der Waals surface area contributed by atoms with Gasteiger partial charge in [-0.25, -0.2) is 0 Å². The zero-order valence-electron chi connectivity index (χ0n) is 12.5. The first-order valence-electron chi connectivity index (χ1n) is 7.63. The molecule has 21 heavy (non-hydrogen) atoms. The van der Waals surface area contributed by atoms with Crippen molar-refractivity contribution in [1.82, 2.24) is 5.32 Å². The van der Waals surface area contributed by atoms with Gasteiger partial charge in [-0.3, -0.25) is 4.79 Å². The standard InChI is InChI=1S/C17H22N2O2/c1-13(21-16-9-7-14(11-18)8-10-16)17(20)19-12-15-5-3-2-4-6-15/h7-10,13,15H,2-6,12H2,1H3,(H,19,20). The van der Waals surface area contributed by atoms with Crippen molar-refractivity contribution in [3.05, 3.63) is 29.8 Å². The number of nitriles is 1. The Morgan fingerprint density at radius 3 is 2.62 bits per heavy atom. The zero-order chi connectivity index (χ0) is 15.1. The maximum Gasteiger partial charge on any atom is 0.260 e. The Morgan fingerprint density at radius 2 is 2.00 bits per heavy atom. The second-order valence-electron chi connectivity index (χ2n) is 5.65. The minimum atomic E-state index is -0.526. The number of carbonyl (C=O) groups is 1. The van der Waals surface area contributed by atoms with Gasteiger partial charge in [0.05, 0.1) is 11.6 Å². The van der Waals surface area contributed by atoms with Crippen LogP contribution in [-0.2, 0) is 4.79 Å². The van der Waals surface area contributed by atoms with E-state index in [1.54, 1.807) is 31.2 Å². The number of nitrogens with one attached hydrogen (secondary N) is 1. The molecule has 1 aromatic carbocycles. The Balaban J connectivity index is 1.77. The van der Waals surface area contributed by atoms with Crippen LogP contribution in [0.1, 0.15) is 44.6 Å². The lowest BCUT2D eigenvalue weighted by molar-refractivity contribution is -0.127. The quantitative estimate of drug-likeness (QED) is 0.905. The summed E-state index contributed by atoms with van der Waals surface area (Å²) < 4.78 is 5.59. The number of hydrogen-bond donors (Lipinski definition) is 1. The summed E-state index contributed by atoms with van der Waals surface area (Å²) in [6, 6.07) is 8.84. The first-order chi connectivity index (χ1) is 10.2. The number of ether oxygens (including phenoxy) is 1. The van der Waals surface area contributed by atoms with Crippen molar-refractivity contribution in [3.8, 4) is 11.8 Å². The fourth-order valence-corrected chi connectivity index (χ4v) is 2.65. The van der Waals surface area contributed by atoms with Crippen LogP contribution < -0.4 is 10.1 Å². The highest BCUT2D eigenvalue weighted by Gasteiger charge is 2.18. The average molecular weight is 286 g/mol. The Hall–Kier alpha value is -2.02. The first-order valence-corrected chi connectivity index (χ1v) is 7.63. The van der Waals surface area contributed by atoms with Crippen LogP contribution in [0, 0.1) is 17.2 Å². The fourth-order valence-electron chi connectivity index (χ4n) is 2.65. The molecule has 0 aromatic heterocycles. The molecule has 0 spiro atoms. The van der Waals surface area contributed by atoms with E-state index in [-0.39, 0.29) is 5.91 Å². The minimum absolute atomic E-state index is 0.0788. The maximum atomic E-state index is 12.0. The normalized spacial score (nSPS) is 16.8. The highest BCUT2D eigenvalue weighted by Crippen LogP contribution is 2.22. The number of amides is 1. The Morgan fingerprint density at radius 1 is 1.33 bits per heavy atom. The molecule has 0 heterocycles. The summed E-state index contributed by atoms with van der Waals surface area (Å²) in [4.78, 5) is 12.0. The Bertz CT molecular complexity index is 499. The van der Waals surface area contributed by atoms with Gasteiger partial charge in [0.1, 0.15) is 5.75 Å². The molecule has 0 aliphatic heterocycles. The molecule has 1 N–H and O–H groups in total. The van der Waals surface area contributed by atoms with Gasteiger partial charge < -0.3 is 10.1 Å². The average Bonchev–Trinajstić information content (AvgIpc) is 2.54. The van der Waals surface area contributed by atoms with Crippen LogP contribution in [0.5, 0.6) is 5.75 Å². The van der Waals surface area contributed by atoms with E-state index in [9.17, 15) is 4.79 Å². The summed E-state index contributed by atoms with van der Waals surface area (Å²) >= 11 is 0. The van der Waals surface area contributed by atoms with Crippen LogP contribution in [0.2, 0.25) is 0 Å². The highest BCUT2D eigenvalue weighted by atomic mass is 16.5. The van der Waals surface area contributed by atoms with Gasteiger partial charge in [0, 0.05) is 6.54 Å². The van der Waals surface area contributed by atoms with Crippen LogP contribution in [0.4, 0.5) is 0 Å². The molecule has 0 bridgehead atoms. The van der Waals surface area contributed by atoms with Gasteiger partial charge in [-0.2, -0.15) is 5.26 Å². The van der Waals surface area contributed by atoms with E-state index in [0.717, 1.165) is 6.54 Å². The zero-order valence-corrected chi connectivity index (χ0v) is 12.5. The molecule has 1 aromatic rings.